The zero-order valence-corrected chi connectivity index (χ0v) is 20.6. The fourth-order valence-electron chi connectivity index (χ4n) is 3.96. The molecule has 0 aliphatic carbocycles. The molecule has 1 atom stereocenters. The molecule has 1 aromatic carbocycles. The maximum absolute atomic E-state index is 14.7. The third-order valence-corrected chi connectivity index (χ3v) is 5.82. The number of carbonyl (C=O) groups excluding carboxylic acids is 1. The van der Waals surface area contributed by atoms with Crippen LogP contribution in [0.25, 0.3) is 0 Å². The topological polar surface area (TPSA) is 79.7 Å². The summed E-state index contributed by atoms with van der Waals surface area (Å²) in [6.45, 7) is 8.47. The number of carbonyl (C=O) groups is 1. The standard InChI is InChI=1S/C26H34FN5O2/c1-17(2)15-32-16-22(8-6-7-18(32)3)31-26-29-13-19(14-30-26)9-10-20-11-21(25(33)28-4)12-23(34-5)24(20)27/h6,8,11-14,17-18H,7,9-10,15-16H2,1-5H3,(H,28,33). The predicted molar refractivity (Wildman–Crippen MR) is 133 cm³/mol. The highest BCUT2D eigenvalue weighted by Gasteiger charge is 2.19. The third kappa shape index (κ3) is 6.70. The fraction of sp³-hybridized carbons (Fsp3) is 0.462. The van der Waals surface area contributed by atoms with Crippen LogP contribution >= 0.6 is 0 Å². The van der Waals surface area contributed by atoms with Gasteiger partial charge in [-0.3, -0.25) is 9.69 Å². The molecule has 1 aliphatic heterocycles. The summed E-state index contributed by atoms with van der Waals surface area (Å²) in [4.78, 5) is 27.9. The largest absolute Gasteiger partial charge is 0.494 e. The first-order chi connectivity index (χ1) is 16.3. The number of aliphatic imine (C=N–C) groups is 1. The maximum atomic E-state index is 14.7. The van der Waals surface area contributed by atoms with Crippen molar-refractivity contribution in [2.45, 2.75) is 46.1 Å². The summed E-state index contributed by atoms with van der Waals surface area (Å²) in [6, 6.07) is 3.43. The van der Waals surface area contributed by atoms with E-state index in [1.807, 2.05) is 0 Å². The normalized spacial score (nSPS) is 17.7. The van der Waals surface area contributed by atoms with Crippen LogP contribution in [0.3, 0.4) is 0 Å². The molecule has 8 heteroatoms. The molecule has 34 heavy (non-hydrogen) atoms. The number of amides is 1. The van der Waals surface area contributed by atoms with Gasteiger partial charge < -0.3 is 10.1 Å². The Morgan fingerprint density at radius 2 is 2.03 bits per heavy atom. The van der Waals surface area contributed by atoms with Crippen molar-refractivity contribution >= 4 is 17.6 Å². The molecule has 0 spiro atoms. The van der Waals surface area contributed by atoms with Crippen molar-refractivity contribution < 1.29 is 13.9 Å². The molecule has 1 aliphatic rings. The van der Waals surface area contributed by atoms with Gasteiger partial charge in [0, 0.05) is 44.1 Å². The minimum Gasteiger partial charge on any atom is -0.494 e. The van der Waals surface area contributed by atoms with Crippen LogP contribution in [0.1, 0.15) is 48.7 Å². The molecule has 0 saturated carbocycles. The van der Waals surface area contributed by atoms with Gasteiger partial charge in [-0.1, -0.05) is 19.9 Å². The van der Waals surface area contributed by atoms with Gasteiger partial charge in [0.05, 0.1) is 12.8 Å². The van der Waals surface area contributed by atoms with Gasteiger partial charge in [0.15, 0.2) is 11.6 Å². The van der Waals surface area contributed by atoms with Crippen molar-refractivity contribution in [3.63, 3.8) is 0 Å². The number of halogens is 1. The number of hydrogen-bond donors (Lipinski definition) is 1. The van der Waals surface area contributed by atoms with Crippen LogP contribution in [-0.4, -0.2) is 59.8 Å². The lowest BCUT2D eigenvalue weighted by Crippen LogP contribution is -2.38. The Kier molecular flexibility index (Phi) is 8.87. The van der Waals surface area contributed by atoms with Crippen LogP contribution in [0, 0.1) is 11.7 Å². The predicted octanol–water partition coefficient (Wildman–Crippen LogP) is 4.15. The number of methoxy groups -OCH3 is 1. The van der Waals surface area contributed by atoms with Crippen molar-refractivity contribution in [1.29, 1.82) is 0 Å². The molecule has 0 bridgehead atoms. The smallest absolute Gasteiger partial charge is 0.251 e. The van der Waals surface area contributed by atoms with Gasteiger partial charge in [-0.05, 0) is 61.4 Å². The summed E-state index contributed by atoms with van der Waals surface area (Å²) in [5.41, 5.74) is 2.57. The van der Waals surface area contributed by atoms with E-state index in [-0.39, 0.29) is 11.7 Å². The van der Waals surface area contributed by atoms with Crippen LogP contribution < -0.4 is 10.1 Å². The highest BCUT2D eigenvalue weighted by molar-refractivity contribution is 5.98. The summed E-state index contributed by atoms with van der Waals surface area (Å²) in [6.07, 6.45) is 9.56. The van der Waals surface area contributed by atoms with Crippen molar-refractivity contribution in [2.24, 2.45) is 10.9 Å². The molecule has 1 N–H and O–H groups in total. The summed E-state index contributed by atoms with van der Waals surface area (Å²) >= 11 is 0. The van der Waals surface area contributed by atoms with Crippen LogP contribution in [0.15, 0.2) is 41.7 Å². The molecule has 1 aromatic heterocycles. The Morgan fingerprint density at radius 1 is 1.29 bits per heavy atom. The quantitative estimate of drug-likeness (QED) is 0.631. The van der Waals surface area contributed by atoms with Crippen molar-refractivity contribution in [3.8, 4) is 5.75 Å². The first kappa shape index (κ1) is 25.5. The van der Waals surface area contributed by atoms with Crippen LogP contribution in [0.5, 0.6) is 5.75 Å². The van der Waals surface area contributed by atoms with Crippen LogP contribution in [0.2, 0.25) is 0 Å². The number of rotatable bonds is 8. The van der Waals surface area contributed by atoms with E-state index in [1.54, 1.807) is 18.5 Å². The molecular formula is C26H34FN5O2. The average molecular weight is 468 g/mol. The summed E-state index contributed by atoms with van der Waals surface area (Å²) in [5.74, 6) is 0.298. The number of nitrogens with one attached hydrogen (secondary N) is 1. The molecule has 2 heterocycles. The van der Waals surface area contributed by atoms with E-state index in [2.05, 4.69) is 58.1 Å². The molecule has 1 unspecified atom stereocenters. The van der Waals surface area contributed by atoms with Gasteiger partial charge in [0.25, 0.3) is 5.91 Å². The van der Waals surface area contributed by atoms with Gasteiger partial charge in [-0.25, -0.2) is 19.4 Å². The molecule has 7 nitrogen and oxygen atoms in total. The molecule has 1 amide bonds. The number of ether oxygens (including phenoxy) is 1. The zero-order valence-electron chi connectivity index (χ0n) is 20.6. The van der Waals surface area contributed by atoms with E-state index >= 15 is 0 Å². The third-order valence-electron chi connectivity index (χ3n) is 5.82. The van der Waals surface area contributed by atoms with Gasteiger partial charge in [-0.15, -0.1) is 0 Å². The Morgan fingerprint density at radius 3 is 2.68 bits per heavy atom. The SMILES string of the molecule is CNC(=O)c1cc(CCc2cnc(N=C3C=CCC(C)N(CC(C)C)C3)nc2)c(F)c(OC)c1. The lowest BCUT2D eigenvalue weighted by molar-refractivity contribution is 0.0962. The molecule has 0 radical (unpaired) electrons. The second-order valence-corrected chi connectivity index (χ2v) is 9.04. The van der Waals surface area contributed by atoms with Gasteiger partial charge in [0.1, 0.15) is 0 Å². The minimum absolute atomic E-state index is 0.0517. The second kappa shape index (κ2) is 11.8. The first-order valence-corrected chi connectivity index (χ1v) is 11.7. The lowest BCUT2D eigenvalue weighted by Gasteiger charge is -2.28. The van der Waals surface area contributed by atoms with Crippen molar-refractivity contribution in [3.05, 3.63) is 59.2 Å². The maximum Gasteiger partial charge on any atom is 0.251 e. The van der Waals surface area contributed by atoms with E-state index < -0.39 is 5.82 Å². The highest BCUT2D eigenvalue weighted by Crippen LogP contribution is 2.24. The number of hydrogen-bond acceptors (Lipinski definition) is 6. The number of aryl methyl sites for hydroxylation is 2. The summed E-state index contributed by atoms with van der Waals surface area (Å²) in [5, 5.41) is 2.55. The minimum atomic E-state index is -0.459. The van der Waals surface area contributed by atoms with Crippen molar-refractivity contribution in [1.82, 2.24) is 20.2 Å². The molecule has 0 saturated heterocycles. The number of benzene rings is 1. The van der Waals surface area contributed by atoms with E-state index in [4.69, 9.17) is 4.74 Å². The Hall–Kier alpha value is -3.13. The molecule has 182 valence electrons. The van der Waals surface area contributed by atoms with Gasteiger partial charge in [-0.2, -0.15) is 0 Å². The van der Waals surface area contributed by atoms with E-state index in [0.717, 1.165) is 30.8 Å². The average Bonchev–Trinajstić information content (AvgIpc) is 2.99. The Balaban J connectivity index is 1.70. The number of aromatic nitrogens is 2. The van der Waals surface area contributed by atoms with Gasteiger partial charge >= 0.3 is 0 Å². The van der Waals surface area contributed by atoms with E-state index in [0.29, 0.717) is 41.9 Å². The van der Waals surface area contributed by atoms with Crippen molar-refractivity contribution in [2.75, 3.05) is 27.2 Å². The first-order valence-electron chi connectivity index (χ1n) is 11.7. The lowest BCUT2D eigenvalue weighted by atomic mass is 10.0. The molecule has 0 fully saturated rings. The monoisotopic (exact) mass is 467 g/mol. The molecular weight excluding hydrogens is 433 g/mol. The summed E-state index contributed by atoms with van der Waals surface area (Å²) in [7, 11) is 2.92. The number of nitrogens with zero attached hydrogens (tertiary/aromatic N) is 4. The van der Waals surface area contributed by atoms with Crippen LogP contribution in [0.4, 0.5) is 10.3 Å². The van der Waals surface area contributed by atoms with Gasteiger partial charge in [0.2, 0.25) is 5.95 Å². The summed E-state index contributed by atoms with van der Waals surface area (Å²) < 4.78 is 19.8. The highest BCUT2D eigenvalue weighted by atomic mass is 19.1. The Bertz CT molecular complexity index is 1050. The van der Waals surface area contributed by atoms with Crippen LogP contribution in [-0.2, 0) is 12.8 Å². The molecule has 3 rings (SSSR count). The Labute approximate surface area is 201 Å². The zero-order chi connectivity index (χ0) is 24.7. The second-order valence-electron chi connectivity index (χ2n) is 9.04. The van der Waals surface area contributed by atoms with E-state index in [1.165, 1.54) is 20.2 Å². The molecule has 2 aromatic rings. The fourth-order valence-corrected chi connectivity index (χ4v) is 3.96. The van der Waals surface area contributed by atoms with E-state index in [9.17, 15) is 9.18 Å².